The minimum absolute atomic E-state index is 0.0789. The van der Waals surface area contributed by atoms with Crippen LogP contribution >= 0.6 is 0 Å². The predicted molar refractivity (Wildman–Crippen MR) is 83.4 cm³/mol. The number of hydrogen-bond acceptors (Lipinski definition) is 4. The molecular formula is C18H16FNO4. The van der Waals surface area contributed by atoms with E-state index in [-0.39, 0.29) is 31.1 Å². The van der Waals surface area contributed by atoms with Gasteiger partial charge >= 0.3 is 0 Å². The van der Waals surface area contributed by atoms with E-state index >= 15 is 0 Å². The van der Waals surface area contributed by atoms with Crippen molar-refractivity contribution in [1.29, 1.82) is 0 Å². The number of β-amino-alcohol motifs (C(OH)–C–C–N with tert-alkyl or cyclic N) is 1. The lowest BCUT2D eigenvalue weighted by Crippen LogP contribution is -2.32. The number of para-hydroxylation sites is 1. The Bertz CT molecular complexity index is 794. The lowest BCUT2D eigenvalue weighted by molar-refractivity contribution is 0.0711. The molecule has 2 aromatic rings. The van der Waals surface area contributed by atoms with E-state index in [1.54, 1.807) is 35.2 Å². The molecule has 0 unspecified atom stereocenters. The topological polar surface area (TPSA) is 59.0 Å². The van der Waals surface area contributed by atoms with Gasteiger partial charge in [0.25, 0.3) is 5.91 Å². The van der Waals surface area contributed by atoms with Gasteiger partial charge in [0, 0.05) is 6.54 Å². The van der Waals surface area contributed by atoms with Gasteiger partial charge in [0.1, 0.15) is 5.82 Å². The van der Waals surface area contributed by atoms with E-state index in [1.807, 2.05) is 0 Å². The minimum Gasteiger partial charge on any atom is -0.454 e. The normalized spacial score (nSPS) is 22.0. The van der Waals surface area contributed by atoms with E-state index in [0.29, 0.717) is 29.0 Å². The monoisotopic (exact) mass is 329 g/mol. The lowest BCUT2D eigenvalue weighted by atomic mass is 10.0. The number of rotatable bonds is 2. The Kier molecular flexibility index (Phi) is 3.61. The summed E-state index contributed by atoms with van der Waals surface area (Å²) in [6.07, 6.45) is -0.266. The lowest BCUT2D eigenvalue weighted by Gasteiger charge is -2.25. The van der Waals surface area contributed by atoms with Gasteiger partial charge in [-0.05, 0) is 36.2 Å². The summed E-state index contributed by atoms with van der Waals surface area (Å²) in [5.41, 5.74) is 1.06. The first kappa shape index (κ1) is 15.0. The van der Waals surface area contributed by atoms with Gasteiger partial charge in [-0.25, -0.2) is 4.39 Å². The van der Waals surface area contributed by atoms with E-state index in [4.69, 9.17) is 9.47 Å². The standard InChI is InChI=1S/C18H16FNO4/c19-12-4-1-3-11(7-12)15-8-13(21)9-20(15)18(22)14-5-2-6-16-17(14)24-10-23-16/h1-7,13,15,21H,8-10H2/t13-,15+/m1/s1. The van der Waals surface area contributed by atoms with Crippen molar-refractivity contribution in [2.75, 3.05) is 13.3 Å². The highest BCUT2D eigenvalue weighted by Gasteiger charge is 2.37. The second-order valence-electron chi connectivity index (χ2n) is 5.96. The van der Waals surface area contributed by atoms with Gasteiger partial charge in [-0.3, -0.25) is 4.79 Å². The van der Waals surface area contributed by atoms with Gasteiger partial charge < -0.3 is 19.5 Å². The van der Waals surface area contributed by atoms with Crippen LogP contribution in [-0.4, -0.2) is 35.4 Å². The Morgan fingerprint density at radius 1 is 1.21 bits per heavy atom. The SMILES string of the molecule is O=C(c1cccc2c1OCO2)N1C[C@H](O)C[C@H]1c1cccc(F)c1. The number of benzene rings is 2. The highest BCUT2D eigenvalue weighted by molar-refractivity contribution is 5.98. The van der Waals surface area contributed by atoms with Crippen molar-refractivity contribution in [1.82, 2.24) is 4.90 Å². The Labute approximate surface area is 138 Å². The van der Waals surface area contributed by atoms with Crippen molar-refractivity contribution in [2.24, 2.45) is 0 Å². The molecule has 4 rings (SSSR count). The van der Waals surface area contributed by atoms with Crippen LogP contribution in [0.5, 0.6) is 11.5 Å². The smallest absolute Gasteiger partial charge is 0.258 e. The molecule has 5 nitrogen and oxygen atoms in total. The molecule has 0 saturated carbocycles. The van der Waals surface area contributed by atoms with E-state index in [1.165, 1.54) is 12.1 Å². The number of amides is 1. The summed E-state index contributed by atoms with van der Waals surface area (Å²) in [6, 6.07) is 10.9. The maximum atomic E-state index is 13.5. The zero-order valence-electron chi connectivity index (χ0n) is 12.8. The number of carbonyl (C=O) groups excluding carboxylic acids is 1. The molecule has 6 heteroatoms. The van der Waals surface area contributed by atoms with Crippen LogP contribution in [0.25, 0.3) is 0 Å². The van der Waals surface area contributed by atoms with Crippen molar-refractivity contribution in [3.63, 3.8) is 0 Å². The molecule has 2 aliphatic rings. The summed E-state index contributed by atoms with van der Waals surface area (Å²) in [7, 11) is 0. The molecule has 24 heavy (non-hydrogen) atoms. The summed E-state index contributed by atoms with van der Waals surface area (Å²) < 4.78 is 24.3. The zero-order chi connectivity index (χ0) is 16.7. The van der Waals surface area contributed by atoms with Crippen LogP contribution in [0.1, 0.15) is 28.4 Å². The maximum Gasteiger partial charge on any atom is 0.258 e. The molecule has 2 atom stereocenters. The summed E-state index contributed by atoms with van der Waals surface area (Å²) in [4.78, 5) is 14.6. The van der Waals surface area contributed by atoms with Crippen LogP contribution in [0.2, 0.25) is 0 Å². The van der Waals surface area contributed by atoms with Gasteiger partial charge in [-0.2, -0.15) is 0 Å². The third-order valence-electron chi connectivity index (χ3n) is 4.40. The first-order valence-corrected chi connectivity index (χ1v) is 7.76. The molecule has 124 valence electrons. The zero-order valence-corrected chi connectivity index (χ0v) is 12.8. The highest BCUT2D eigenvalue weighted by atomic mass is 19.1. The van der Waals surface area contributed by atoms with Gasteiger partial charge in [0.2, 0.25) is 6.79 Å². The average Bonchev–Trinajstić information content (AvgIpc) is 3.20. The third kappa shape index (κ3) is 2.49. The first-order chi connectivity index (χ1) is 11.6. The Morgan fingerprint density at radius 2 is 2.04 bits per heavy atom. The van der Waals surface area contributed by atoms with Crippen molar-refractivity contribution >= 4 is 5.91 Å². The molecule has 2 heterocycles. The van der Waals surface area contributed by atoms with Crippen LogP contribution in [0.4, 0.5) is 4.39 Å². The average molecular weight is 329 g/mol. The molecule has 1 amide bonds. The van der Waals surface area contributed by atoms with E-state index < -0.39 is 6.10 Å². The quantitative estimate of drug-likeness (QED) is 0.920. The summed E-state index contributed by atoms with van der Waals surface area (Å²) >= 11 is 0. The Morgan fingerprint density at radius 3 is 2.88 bits per heavy atom. The van der Waals surface area contributed by atoms with Crippen LogP contribution in [0.3, 0.4) is 0 Å². The van der Waals surface area contributed by atoms with Gasteiger partial charge in [-0.15, -0.1) is 0 Å². The largest absolute Gasteiger partial charge is 0.454 e. The van der Waals surface area contributed by atoms with E-state index in [2.05, 4.69) is 0 Å². The van der Waals surface area contributed by atoms with Crippen LogP contribution in [-0.2, 0) is 0 Å². The second kappa shape index (κ2) is 5.79. The molecule has 0 spiro atoms. The number of aliphatic hydroxyl groups is 1. The fourth-order valence-electron chi connectivity index (χ4n) is 3.32. The summed E-state index contributed by atoms with van der Waals surface area (Å²) in [5, 5.41) is 10.0. The van der Waals surface area contributed by atoms with Crippen LogP contribution < -0.4 is 9.47 Å². The number of aliphatic hydroxyl groups excluding tert-OH is 1. The van der Waals surface area contributed by atoms with Gasteiger partial charge in [0.15, 0.2) is 11.5 Å². The molecular weight excluding hydrogens is 313 g/mol. The van der Waals surface area contributed by atoms with Gasteiger partial charge in [-0.1, -0.05) is 18.2 Å². The predicted octanol–water partition coefficient (Wildman–Crippen LogP) is 2.50. The Balaban J connectivity index is 1.69. The fourth-order valence-corrected chi connectivity index (χ4v) is 3.32. The molecule has 2 aromatic carbocycles. The number of likely N-dealkylation sites (tertiary alicyclic amines) is 1. The van der Waals surface area contributed by atoms with Crippen molar-refractivity contribution < 1.29 is 23.8 Å². The number of halogens is 1. The van der Waals surface area contributed by atoms with Crippen molar-refractivity contribution in [3.05, 3.63) is 59.4 Å². The third-order valence-corrected chi connectivity index (χ3v) is 4.40. The van der Waals surface area contributed by atoms with E-state index in [9.17, 15) is 14.3 Å². The molecule has 1 saturated heterocycles. The van der Waals surface area contributed by atoms with Crippen molar-refractivity contribution in [3.8, 4) is 11.5 Å². The number of fused-ring (bicyclic) bond motifs is 1. The molecule has 0 bridgehead atoms. The fraction of sp³-hybridized carbons (Fsp3) is 0.278. The second-order valence-corrected chi connectivity index (χ2v) is 5.96. The summed E-state index contributed by atoms with van der Waals surface area (Å²) in [5.74, 6) is 0.326. The molecule has 1 N–H and O–H groups in total. The van der Waals surface area contributed by atoms with E-state index in [0.717, 1.165) is 0 Å². The molecule has 1 fully saturated rings. The maximum absolute atomic E-state index is 13.5. The van der Waals surface area contributed by atoms with Crippen LogP contribution in [0, 0.1) is 5.82 Å². The van der Waals surface area contributed by atoms with Crippen molar-refractivity contribution in [2.45, 2.75) is 18.6 Å². The molecule has 0 aliphatic carbocycles. The molecule has 0 radical (unpaired) electrons. The highest BCUT2D eigenvalue weighted by Crippen LogP contribution is 2.39. The number of nitrogens with zero attached hydrogens (tertiary/aromatic N) is 1. The molecule has 2 aliphatic heterocycles. The van der Waals surface area contributed by atoms with Gasteiger partial charge in [0.05, 0.1) is 17.7 Å². The number of hydrogen-bond donors (Lipinski definition) is 1. The van der Waals surface area contributed by atoms with Crippen LogP contribution in [0.15, 0.2) is 42.5 Å². The minimum atomic E-state index is -0.642. The molecule has 0 aromatic heterocycles. The first-order valence-electron chi connectivity index (χ1n) is 7.76. The number of ether oxygens (including phenoxy) is 2. The Hall–Kier alpha value is -2.60. The summed E-state index contributed by atoms with van der Waals surface area (Å²) in [6.45, 7) is 0.278. The number of carbonyl (C=O) groups is 1.